The summed E-state index contributed by atoms with van der Waals surface area (Å²) in [6, 6.07) is 7.16. The van der Waals surface area contributed by atoms with E-state index in [1.165, 1.54) is 13.1 Å². The van der Waals surface area contributed by atoms with Gasteiger partial charge in [0, 0.05) is 10.6 Å². The molecule has 16 heavy (non-hydrogen) atoms. The number of halogens is 1. The SMILES string of the molecule is CC(O)CC(=O)N/N=C/c1ccccc1Cl. The molecule has 1 unspecified atom stereocenters. The van der Waals surface area contributed by atoms with Crippen molar-refractivity contribution in [1.29, 1.82) is 0 Å². The van der Waals surface area contributed by atoms with Crippen LogP contribution in [0.25, 0.3) is 0 Å². The smallest absolute Gasteiger partial charge is 0.242 e. The van der Waals surface area contributed by atoms with Gasteiger partial charge in [0.1, 0.15) is 0 Å². The zero-order valence-electron chi connectivity index (χ0n) is 8.85. The zero-order valence-corrected chi connectivity index (χ0v) is 9.61. The maximum Gasteiger partial charge on any atom is 0.242 e. The number of aliphatic hydroxyl groups excluding tert-OH is 1. The average molecular weight is 241 g/mol. The first-order chi connectivity index (χ1) is 7.59. The van der Waals surface area contributed by atoms with Crippen molar-refractivity contribution >= 4 is 23.7 Å². The van der Waals surface area contributed by atoms with Crippen molar-refractivity contribution < 1.29 is 9.90 Å². The summed E-state index contributed by atoms with van der Waals surface area (Å²) in [6.45, 7) is 1.54. The highest BCUT2D eigenvalue weighted by Crippen LogP contribution is 2.11. The standard InChI is InChI=1S/C11H13ClN2O2/c1-8(15)6-11(16)14-13-7-9-4-2-3-5-10(9)12/h2-5,7-8,15H,6H2,1H3,(H,14,16)/b13-7+. The molecule has 0 saturated carbocycles. The van der Waals surface area contributed by atoms with Crippen LogP contribution in [0.5, 0.6) is 0 Å². The van der Waals surface area contributed by atoms with Crippen LogP contribution in [-0.2, 0) is 4.79 Å². The van der Waals surface area contributed by atoms with Gasteiger partial charge < -0.3 is 5.11 Å². The van der Waals surface area contributed by atoms with E-state index in [1.54, 1.807) is 12.1 Å². The fraction of sp³-hybridized carbons (Fsp3) is 0.273. The van der Waals surface area contributed by atoms with Crippen LogP contribution in [0, 0.1) is 0 Å². The van der Waals surface area contributed by atoms with Crippen LogP contribution in [0.3, 0.4) is 0 Å². The summed E-state index contributed by atoms with van der Waals surface area (Å²) in [5.74, 6) is -0.335. The Morgan fingerprint density at radius 2 is 2.31 bits per heavy atom. The molecule has 0 aliphatic heterocycles. The molecule has 1 aromatic rings. The summed E-state index contributed by atoms with van der Waals surface area (Å²) >= 11 is 5.88. The number of aliphatic hydroxyl groups is 1. The lowest BCUT2D eigenvalue weighted by Crippen LogP contribution is -2.21. The molecule has 0 aromatic heterocycles. The van der Waals surface area contributed by atoms with E-state index in [0.717, 1.165) is 5.56 Å². The number of hydrogen-bond acceptors (Lipinski definition) is 3. The summed E-state index contributed by atoms with van der Waals surface area (Å²) in [4.78, 5) is 11.1. The first-order valence-corrected chi connectivity index (χ1v) is 5.22. The number of hydrazone groups is 1. The fourth-order valence-corrected chi connectivity index (χ4v) is 1.25. The molecule has 1 rings (SSSR count). The van der Waals surface area contributed by atoms with Crippen LogP contribution in [0.1, 0.15) is 18.9 Å². The van der Waals surface area contributed by atoms with E-state index in [2.05, 4.69) is 10.5 Å². The molecule has 0 heterocycles. The number of nitrogens with zero attached hydrogens (tertiary/aromatic N) is 1. The molecule has 0 aliphatic carbocycles. The summed E-state index contributed by atoms with van der Waals surface area (Å²) in [7, 11) is 0. The third kappa shape index (κ3) is 4.42. The Morgan fingerprint density at radius 1 is 1.62 bits per heavy atom. The molecule has 5 heteroatoms. The normalized spacial score (nSPS) is 12.7. The molecule has 0 bridgehead atoms. The van der Waals surface area contributed by atoms with Gasteiger partial charge in [-0.1, -0.05) is 29.8 Å². The molecule has 1 aromatic carbocycles. The summed E-state index contributed by atoms with van der Waals surface area (Å²) in [6.07, 6.45) is 0.817. The zero-order chi connectivity index (χ0) is 12.0. The van der Waals surface area contributed by atoms with Gasteiger partial charge in [-0.3, -0.25) is 4.79 Å². The first-order valence-electron chi connectivity index (χ1n) is 4.84. The van der Waals surface area contributed by atoms with Gasteiger partial charge >= 0.3 is 0 Å². The van der Waals surface area contributed by atoms with Gasteiger partial charge in [-0.05, 0) is 13.0 Å². The molecule has 2 N–H and O–H groups in total. The van der Waals surface area contributed by atoms with Crippen LogP contribution >= 0.6 is 11.6 Å². The van der Waals surface area contributed by atoms with Crippen molar-refractivity contribution in [2.24, 2.45) is 5.10 Å². The third-order valence-corrected chi connectivity index (χ3v) is 2.12. The molecule has 0 fully saturated rings. The first kappa shape index (κ1) is 12.7. The van der Waals surface area contributed by atoms with E-state index in [-0.39, 0.29) is 12.3 Å². The molecule has 1 amide bonds. The number of amides is 1. The Balaban J connectivity index is 2.49. The van der Waals surface area contributed by atoms with Gasteiger partial charge in [0.15, 0.2) is 0 Å². The van der Waals surface area contributed by atoms with Gasteiger partial charge in [-0.15, -0.1) is 0 Å². The molecule has 86 valence electrons. The van der Waals surface area contributed by atoms with Crippen molar-refractivity contribution in [2.45, 2.75) is 19.4 Å². The second kappa shape index (κ2) is 6.25. The Kier molecular flexibility index (Phi) is 4.95. The van der Waals surface area contributed by atoms with E-state index >= 15 is 0 Å². The van der Waals surface area contributed by atoms with Crippen molar-refractivity contribution in [1.82, 2.24) is 5.43 Å². The van der Waals surface area contributed by atoms with Crippen molar-refractivity contribution in [2.75, 3.05) is 0 Å². The van der Waals surface area contributed by atoms with E-state index in [9.17, 15) is 4.79 Å². The van der Waals surface area contributed by atoms with E-state index in [4.69, 9.17) is 16.7 Å². The second-order valence-electron chi connectivity index (χ2n) is 3.37. The monoisotopic (exact) mass is 240 g/mol. The summed E-state index contributed by atoms with van der Waals surface area (Å²) in [5.41, 5.74) is 3.03. The minimum atomic E-state index is -0.671. The lowest BCUT2D eigenvalue weighted by molar-refractivity contribution is -0.122. The molecular formula is C11H13ClN2O2. The fourth-order valence-electron chi connectivity index (χ4n) is 1.07. The van der Waals surface area contributed by atoms with Gasteiger partial charge in [-0.2, -0.15) is 5.10 Å². The van der Waals surface area contributed by atoms with Crippen LogP contribution in [0.2, 0.25) is 5.02 Å². The largest absolute Gasteiger partial charge is 0.393 e. The third-order valence-electron chi connectivity index (χ3n) is 1.78. The van der Waals surface area contributed by atoms with Gasteiger partial charge in [0.05, 0.1) is 18.7 Å². The van der Waals surface area contributed by atoms with Crippen molar-refractivity contribution in [3.63, 3.8) is 0 Å². The topological polar surface area (TPSA) is 61.7 Å². The van der Waals surface area contributed by atoms with Gasteiger partial charge in [-0.25, -0.2) is 5.43 Å². The summed E-state index contributed by atoms with van der Waals surface area (Å²) in [5, 5.41) is 13.3. The lowest BCUT2D eigenvalue weighted by Gasteiger charge is -2.01. The second-order valence-corrected chi connectivity index (χ2v) is 3.78. The van der Waals surface area contributed by atoms with Crippen LogP contribution in [0.15, 0.2) is 29.4 Å². The maximum atomic E-state index is 11.1. The minimum Gasteiger partial charge on any atom is -0.393 e. The molecule has 0 spiro atoms. The average Bonchev–Trinajstić information content (AvgIpc) is 2.19. The maximum absolute atomic E-state index is 11.1. The van der Waals surface area contributed by atoms with Crippen molar-refractivity contribution in [3.05, 3.63) is 34.9 Å². The van der Waals surface area contributed by atoms with Crippen LogP contribution in [-0.4, -0.2) is 23.3 Å². The molecular weight excluding hydrogens is 228 g/mol. The number of carbonyl (C=O) groups is 1. The predicted octanol–water partition coefficient (Wildman–Crippen LogP) is 1.56. The van der Waals surface area contributed by atoms with Crippen molar-refractivity contribution in [3.8, 4) is 0 Å². The predicted molar refractivity (Wildman–Crippen MR) is 63.5 cm³/mol. The van der Waals surface area contributed by atoms with Crippen LogP contribution in [0.4, 0.5) is 0 Å². The highest BCUT2D eigenvalue weighted by molar-refractivity contribution is 6.33. The van der Waals surface area contributed by atoms with E-state index < -0.39 is 6.10 Å². The minimum absolute atomic E-state index is 0.0276. The molecule has 1 atom stereocenters. The molecule has 0 aliphatic rings. The van der Waals surface area contributed by atoms with Gasteiger partial charge in [0.25, 0.3) is 0 Å². The number of carbonyl (C=O) groups excluding carboxylic acids is 1. The Morgan fingerprint density at radius 3 is 2.94 bits per heavy atom. The highest BCUT2D eigenvalue weighted by atomic mass is 35.5. The number of nitrogens with one attached hydrogen (secondary N) is 1. The van der Waals surface area contributed by atoms with Crippen LogP contribution < -0.4 is 5.43 Å². The molecule has 4 nitrogen and oxygen atoms in total. The Labute approximate surface area is 98.9 Å². The lowest BCUT2D eigenvalue weighted by atomic mass is 10.2. The highest BCUT2D eigenvalue weighted by Gasteiger charge is 2.03. The number of hydrogen-bond donors (Lipinski definition) is 2. The number of rotatable bonds is 4. The Bertz CT molecular complexity index is 391. The quantitative estimate of drug-likeness (QED) is 0.620. The van der Waals surface area contributed by atoms with Gasteiger partial charge in [0.2, 0.25) is 5.91 Å². The molecule has 0 saturated heterocycles. The summed E-state index contributed by atoms with van der Waals surface area (Å²) < 4.78 is 0. The van der Waals surface area contributed by atoms with E-state index in [1.807, 2.05) is 12.1 Å². The Hall–Kier alpha value is -1.39. The van der Waals surface area contributed by atoms with E-state index in [0.29, 0.717) is 5.02 Å². The molecule has 0 radical (unpaired) electrons. The number of benzene rings is 1.